The topological polar surface area (TPSA) is 26.0 Å². The average Bonchev–Trinajstić information content (AvgIpc) is 2.17. The van der Waals surface area contributed by atoms with Crippen molar-refractivity contribution < 1.29 is 35.1 Å². The van der Waals surface area contributed by atoms with E-state index in [-0.39, 0.29) is 18.2 Å². The van der Waals surface area contributed by atoms with Gasteiger partial charge in [-0.05, 0) is 12.1 Å². The fourth-order valence-corrected chi connectivity index (χ4v) is 1.25. The molecule has 0 aliphatic rings. The number of benzene rings is 1. The van der Waals surface area contributed by atoms with Crippen LogP contribution in [0.1, 0.15) is 5.56 Å². The second-order valence-corrected chi connectivity index (χ2v) is 3.39. The van der Waals surface area contributed by atoms with Crippen LogP contribution in [0.15, 0.2) is 18.2 Å². The number of anilines is 1. The summed E-state index contributed by atoms with van der Waals surface area (Å²) in [5, 5.41) is 0. The quantitative estimate of drug-likeness (QED) is 0.615. The Labute approximate surface area is 95.2 Å². The molecule has 0 aliphatic carbocycles. The summed E-state index contributed by atoms with van der Waals surface area (Å²) in [6.45, 7) is 0. The Morgan fingerprint density at radius 1 is 0.833 bits per heavy atom. The van der Waals surface area contributed by atoms with Crippen LogP contribution in [0.3, 0.4) is 0 Å². The minimum absolute atomic E-state index is 0.0314. The summed E-state index contributed by atoms with van der Waals surface area (Å²) in [5.41, 5.74) is -3.60. The van der Waals surface area contributed by atoms with Crippen molar-refractivity contribution in [3.05, 3.63) is 29.6 Å². The van der Waals surface area contributed by atoms with Crippen LogP contribution < -0.4 is 5.73 Å². The van der Waals surface area contributed by atoms with Gasteiger partial charge in [-0.25, -0.2) is 8.78 Å². The van der Waals surface area contributed by atoms with Crippen LogP contribution in [0, 0.1) is 5.82 Å². The van der Waals surface area contributed by atoms with Gasteiger partial charge in [0.2, 0.25) is 0 Å². The highest BCUT2D eigenvalue weighted by Gasteiger charge is 2.73. The molecular weight excluding hydrogens is 274 g/mol. The zero-order valence-electron chi connectivity index (χ0n) is 8.33. The van der Waals surface area contributed by atoms with E-state index >= 15 is 0 Å². The lowest BCUT2D eigenvalue weighted by atomic mass is 9.94. The van der Waals surface area contributed by atoms with Crippen molar-refractivity contribution in [3.63, 3.8) is 0 Å². The highest BCUT2D eigenvalue weighted by molar-refractivity contribution is 5.45. The SMILES string of the molecule is Nc1cc(C(F)(C(F)(F)F)C(F)(F)F)ccc1F. The third kappa shape index (κ3) is 2.08. The van der Waals surface area contributed by atoms with Crippen LogP contribution in [0.5, 0.6) is 0 Å². The Morgan fingerprint density at radius 2 is 1.28 bits per heavy atom. The zero-order valence-corrected chi connectivity index (χ0v) is 8.33. The Bertz CT molecular complexity index is 433. The number of alkyl halides is 7. The molecule has 0 spiro atoms. The van der Waals surface area contributed by atoms with E-state index in [0.717, 1.165) is 0 Å². The van der Waals surface area contributed by atoms with Crippen molar-refractivity contribution in [3.8, 4) is 0 Å². The standard InChI is InChI=1S/C9H5F8N/c10-5-2-1-4(3-6(5)18)7(11,8(12,13)14)9(15,16)17/h1-3H,18H2. The highest BCUT2D eigenvalue weighted by Crippen LogP contribution is 2.53. The molecule has 0 aromatic heterocycles. The van der Waals surface area contributed by atoms with Crippen molar-refractivity contribution >= 4 is 5.69 Å². The predicted molar refractivity (Wildman–Crippen MR) is 45.7 cm³/mol. The van der Waals surface area contributed by atoms with Crippen LogP contribution >= 0.6 is 0 Å². The fourth-order valence-electron chi connectivity index (χ4n) is 1.25. The second kappa shape index (κ2) is 3.99. The molecule has 1 aromatic carbocycles. The first-order chi connectivity index (χ1) is 7.91. The minimum Gasteiger partial charge on any atom is -0.396 e. The molecule has 0 saturated carbocycles. The molecule has 18 heavy (non-hydrogen) atoms. The van der Waals surface area contributed by atoms with Crippen molar-refractivity contribution in [2.24, 2.45) is 0 Å². The number of nitrogens with two attached hydrogens (primary N) is 1. The number of nitrogen functional groups attached to an aromatic ring is 1. The van der Waals surface area contributed by atoms with Gasteiger partial charge < -0.3 is 5.73 Å². The molecule has 102 valence electrons. The van der Waals surface area contributed by atoms with Crippen LogP contribution in [-0.2, 0) is 5.67 Å². The molecule has 1 rings (SSSR count). The van der Waals surface area contributed by atoms with E-state index in [1.807, 2.05) is 0 Å². The van der Waals surface area contributed by atoms with E-state index in [9.17, 15) is 35.1 Å². The Kier molecular flexibility index (Phi) is 3.22. The van der Waals surface area contributed by atoms with E-state index < -0.39 is 35.1 Å². The van der Waals surface area contributed by atoms with Gasteiger partial charge in [-0.15, -0.1) is 0 Å². The van der Waals surface area contributed by atoms with Crippen molar-refractivity contribution in [1.29, 1.82) is 0 Å². The largest absolute Gasteiger partial charge is 0.435 e. The first kappa shape index (κ1) is 14.5. The second-order valence-electron chi connectivity index (χ2n) is 3.39. The molecule has 0 bridgehead atoms. The predicted octanol–water partition coefficient (Wildman–Crippen LogP) is 3.70. The lowest BCUT2D eigenvalue weighted by molar-refractivity contribution is -0.348. The third-order valence-corrected chi connectivity index (χ3v) is 2.18. The summed E-state index contributed by atoms with van der Waals surface area (Å²) in [6, 6.07) is 0.249. The van der Waals surface area contributed by atoms with Gasteiger partial charge >= 0.3 is 18.0 Å². The average molecular weight is 279 g/mol. The van der Waals surface area contributed by atoms with E-state index in [1.54, 1.807) is 0 Å². The van der Waals surface area contributed by atoms with Crippen molar-refractivity contribution in [2.45, 2.75) is 18.0 Å². The molecule has 0 radical (unpaired) electrons. The normalized spacial score (nSPS) is 13.8. The van der Waals surface area contributed by atoms with Crippen molar-refractivity contribution in [2.75, 3.05) is 5.73 Å². The summed E-state index contributed by atoms with van der Waals surface area (Å²) in [4.78, 5) is 0. The maximum absolute atomic E-state index is 13.4. The first-order valence-corrected chi connectivity index (χ1v) is 4.29. The summed E-state index contributed by atoms with van der Waals surface area (Å²) in [6.07, 6.45) is -12.5. The molecule has 0 heterocycles. The Balaban J connectivity index is 3.51. The zero-order chi connectivity index (χ0) is 14.4. The molecule has 0 fully saturated rings. The monoisotopic (exact) mass is 279 g/mol. The van der Waals surface area contributed by atoms with Crippen LogP contribution in [0.2, 0.25) is 0 Å². The van der Waals surface area contributed by atoms with Gasteiger partial charge in [0, 0.05) is 5.56 Å². The summed E-state index contributed by atoms with van der Waals surface area (Å²) < 4.78 is 99.8. The molecule has 1 nitrogen and oxygen atoms in total. The van der Waals surface area contributed by atoms with Gasteiger partial charge in [0.05, 0.1) is 5.69 Å². The summed E-state index contributed by atoms with van der Waals surface area (Å²) >= 11 is 0. The van der Waals surface area contributed by atoms with Gasteiger partial charge in [0.1, 0.15) is 5.82 Å². The first-order valence-electron chi connectivity index (χ1n) is 4.29. The summed E-state index contributed by atoms with van der Waals surface area (Å²) in [7, 11) is 0. The lowest BCUT2D eigenvalue weighted by Gasteiger charge is -2.30. The van der Waals surface area contributed by atoms with E-state index in [4.69, 9.17) is 5.73 Å². The van der Waals surface area contributed by atoms with E-state index in [0.29, 0.717) is 0 Å². The van der Waals surface area contributed by atoms with Gasteiger partial charge in [-0.3, -0.25) is 0 Å². The lowest BCUT2D eigenvalue weighted by Crippen LogP contribution is -2.50. The number of rotatable bonds is 1. The maximum Gasteiger partial charge on any atom is 0.435 e. The fraction of sp³-hybridized carbons (Fsp3) is 0.333. The molecule has 0 unspecified atom stereocenters. The Morgan fingerprint density at radius 3 is 1.61 bits per heavy atom. The molecule has 9 heteroatoms. The molecule has 0 atom stereocenters. The van der Waals surface area contributed by atoms with Gasteiger partial charge in [-0.2, -0.15) is 26.3 Å². The maximum atomic E-state index is 13.4. The number of hydrogen-bond donors (Lipinski definition) is 1. The highest BCUT2D eigenvalue weighted by atomic mass is 19.4. The van der Waals surface area contributed by atoms with E-state index in [2.05, 4.69) is 0 Å². The minimum atomic E-state index is -6.24. The smallest absolute Gasteiger partial charge is 0.396 e. The third-order valence-electron chi connectivity index (χ3n) is 2.18. The van der Waals surface area contributed by atoms with Crippen LogP contribution in [0.4, 0.5) is 40.8 Å². The molecule has 2 N–H and O–H groups in total. The van der Waals surface area contributed by atoms with Gasteiger partial charge in [-0.1, -0.05) is 6.07 Å². The van der Waals surface area contributed by atoms with E-state index in [1.165, 1.54) is 0 Å². The van der Waals surface area contributed by atoms with Crippen molar-refractivity contribution in [1.82, 2.24) is 0 Å². The van der Waals surface area contributed by atoms with Gasteiger partial charge in [0.15, 0.2) is 0 Å². The van der Waals surface area contributed by atoms with Gasteiger partial charge in [0.25, 0.3) is 0 Å². The molecule has 1 aromatic rings. The number of hydrogen-bond acceptors (Lipinski definition) is 1. The van der Waals surface area contributed by atoms with Crippen LogP contribution in [-0.4, -0.2) is 12.4 Å². The molecule has 0 saturated heterocycles. The molecule has 0 amide bonds. The Hall–Kier alpha value is -1.54. The number of halogens is 8. The van der Waals surface area contributed by atoms with Crippen LogP contribution in [0.25, 0.3) is 0 Å². The molecule has 0 aliphatic heterocycles. The molecular formula is C9H5F8N. The summed E-state index contributed by atoms with van der Waals surface area (Å²) in [5.74, 6) is -1.24.